The zero-order valence-electron chi connectivity index (χ0n) is 71.6. The van der Waals surface area contributed by atoms with Crippen LogP contribution in [0.25, 0.3) is 0 Å². The first kappa shape index (κ1) is 98.0. The van der Waals surface area contributed by atoms with Crippen molar-refractivity contribution in [1.29, 1.82) is 0 Å². The molecule has 3 saturated heterocycles. The second-order valence-electron chi connectivity index (χ2n) is 34.8. The van der Waals surface area contributed by atoms with Crippen molar-refractivity contribution >= 4 is 46.6 Å². The van der Waals surface area contributed by atoms with Crippen molar-refractivity contribution in [3.63, 3.8) is 0 Å². The molecule has 10 rings (SSSR count). The Morgan fingerprint density at radius 2 is 0.800 bits per heavy atom. The van der Waals surface area contributed by atoms with Gasteiger partial charge in [0.15, 0.2) is 5.78 Å². The molecule has 3 fully saturated rings. The van der Waals surface area contributed by atoms with E-state index in [1.807, 2.05) is 48.5 Å². The topological polar surface area (TPSA) is 272 Å². The van der Waals surface area contributed by atoms with Crippen molar-refractivity contribution in [2.24, 2.45) is 0 Å². The van der Waals surface area contributed by atoms with Gasteiger partial charge in [0.2, 0.25) is 17.7 Å². The van der Waals surface area contributed by atoms with Gasteiger partial charge in [0.05, 0.1) is 73.8 Å². The third-order valence-electron chi connectivity index (χ3n) is 22.0. The molecule has 20 nitrogen and oxygen atoms in total. The molecule has 120 heavy (non-hydrogen) atoms. The average molecular weight is 1690 g/mol. The van der Waals surface area contributed by atoms with E-state index in [0.717, 1.165) is 85.6 Å². The zero-order chi connectivity index (χ0) is 88.5. The highest BCUT2D eigenvalue weighted by Gasteiger charge is 2.43. The number of nitrogens with zero attached hydrogens (tertiary/aromatic N) is 2. The van der Waals surface area contributed by atoms with Crippen molar-refractivity contribution in [2.75, 3.05) is 79.7 Å². The van der Waals surface area contributed by atoms with Crippen LogP contribution in [-0.2, 0) is 76.0 Å². The Hall–Kier alpha value is -9.09. The Kier molecular flexibility index (Phi) is 36.5. The minimum atomic E-state index is -1.08. The van der Waals surface area contributed by atoms with E-state index in [2.05, 4.69) is 175 Å². The first-order chi connectivity index (χ1) is 56.4. The fraction of sp³-hybridized carbons (Fsp3) is 0.484. The Labute approximate surface area is 708 Å². The summed E-state index contributed by atoms with van der Waals surface area (Å²) in [5.41, 5.74) is 5.89. The molecule has 0 aliphatic carbocycles. The molecule has 9 atom stereocenters. The van der Waals surface area contributed by atoms with Crippen LogP contribution in [0.15, 0.2) is 158 Å². The van der Waals surface area contributed by atoms with Gasteiger partial charge in [-0.05, 0) is 174 Å². The lowest BCUT2D eigenvalue weighted by Crippen LogP contribution is -2.59. The molecule has 7 aromatic rings. The van der Waals surface area contributed by atoms with Crippen molar-refractivity contribution in [1.82, 2.24) is 47.0 Å². The molecule has 0 saturated carbocycles. The number of amides is 4. The van der Waals surface area contributed by atoms with E-state index in [4.69, 9.17) is 4.74 Å². The molecule has 0 spiro atoms. The lowest BCUT2D eigenvalue weighted by atomic mass is 9.78. The van der Waals surface area contributed by atoms with Crippen LogP contribution in [-0.4, -0.2) is 176 Å². The van der Waals surface area contributed by atoms with Crippen LogP contribution >= 0.6 is 11.6 Å². The molecule has 27 heteroatoms. The number of ether oxygens (including phenoxy) is 2. The summed E-state index contributed by atoms with van der Waals surface area (Å²) in [5, 5.41) is 56.0. The van der Waals surface area contributed by atoms with Gasteiger partial charge < -0.3 is 66.9 Å². The van der Waals surface area contributed by atoms with Gasteiger partial charge in [-0.3, -0.25) is 24.1 Å². The first-order valence-corrected chi connectivity index (χ1v) is 41.2. The molecule has 0 radical (unpaired) electrons. The number of halogens is 7. The first-order valence-electron chi connectivity index (χ1n) is 40.8. The van der Waals surface area contributed by atoms with Gasteiger partial charge in [-0.2, -0.15) is 0 Å². The van der Waals surface area contributed by atoms with Gasteiger partial charge in [-0.15, -0.1) is 0 Å². The molecular weight excluding hydrogens is 1570 g/mol. The van der Waals surface area contributed by atoms with E-state index in [0.29, 0.717) is 54.9 Å². The molecule has 0 aromatic heterocycles. The quantitative estimate of drug-likeness (QED) is 0.0130. The highest BCUT2D eigenvalue weighted by atomic mass is 35.5. The van der Waals surface area contributed by atoms with Gasteiger partial charge >= 0.3 is 11.5 Å². The van der Waals surface area contributed by atoms with Crippen molar-refractivity contribution in [3.8, 4) is 0 Å². The van der Waals surface area contributed by atoms with Crippen LogP contribution in [0, 0.1) is 34.9 Å². The predicted octanol–water partition coefficient (Wildman–Crippen LogP) is 13.7. The fourth-order valence-corrected chi connectivity index (χ4v) is 15.7. The summed E-state index contributed by atoms with van der Waals surface area (Å²) >= 11 is 4.60. The van der Waals surface area contributed by atoms with Crippen LogP contribution in [0.3, 0.4) is 0 Å². The molecule has 7 aromatic carbocycles. The summed E-state index contributed by atoms with van der Waals surface area (Å²) in [4.78, 5) is 74.5. The molecule has 10 N–H and O–H groups in total. The number of aliphatic hydroxyl groups is 3. The number of carbonyl (C=O) groups excluding carboxylic acids is 6. The summed E-state index contributed by atoms with van der Waals surface area (Å²) in [6.07, 6.45) is 1.62. The zero-order valence-corrected chi connectivity index (χ0v) is 72.3. The summed E-state index contributed by atoms with van der Waals surface area (Å²) in [7, 11) is 2.57. The Morgan fingerprint density at radius 3 is 1.13 bits per heavy atom. The van der Waals surface area contributed by atoms with Crippen molar-refractivity contribution < 1.29 is 79.9 Å². The number of benzene rings is 7. The van der Waals surface area contributed by atoms with E-state index in [9.17, 15) is 70.4 Å². The molecule has 0 bridgehead atoms. The van der Waals surface area contributed by atoms with Gasteiger partial charge in [-0.25, -0.2) is 35.9 Å². The Bertz CT molecular complexity index is 4480. The molecule has 654 valence electrons. The molecule has 9 unspecified atom stereocenters. The Balaban J connectivity index is 0.000000242. The number of likely N-dealkylation sites (tertiary alicyclic amines) is 2. The second-order valence-corrected chi connectivity index (χ2v) is 35.1. The lowest BCUT2D eigenvalue weighted by Gasteiger charge is -2.45. The van der Waals surface area contributed by atoms with Crippen molar-refractivity contribution in [3.05, 3.63) is 248 Å². The van der Waals surface area contributed by atoms with E-state index < -0.39 is 93.9 Å². The number of nitrogens with one attached hydrogen (secondary N) is 7. The van der Waals surface area contributed by atoms with Crippen molar-refractivity contribution in [2.45, 2.75) is 210 Å². The monoisotopic (exact) mass is 1690 g/mol. The standard InChI is InChI=1S/C35H43F2N3O3.C29H39F2N3O4.C27H37F2N3O2.C2H3ClO2/c1-24(41)39-31(18-25-16-29(36)20-30(37)17-25)32(42)21-38-35(28-13-8-12-27(19-28)34(2,3)4)14-9-15-40(23-35)22-33(43)26-10-6-5-7-11-26;1-19(35)33-25(14-20-12-23(30)16-24(31)13-20)26(36)17-32-29(10-7-11-34(18-29)27(37)38-5)22-9-6-8-21(15-22)28(2,3)4;1-18(33)32-24(13-19-11-22(28)15-23(29)12-19)25(34)16-31-27(9-6-10-30-17-27)21-8-5-7-20(14-21)26(2,3)4;1-5-2(3)4/h5-8,10-13,16-17,19-20,31-32,38,42H,9,14-15,18,21-23H2,1-4H3,(H,39,41);6,8-9,12-13,15-16,25-26,32,36H,7,10-11,14,17-18H2,1-5H3,(H,33,35);5,7-8,11-12,14-15,24-25,30-31,34H,6,9-10,13,16-17H2,1-4H3,(H,32,33);1H3. The van der Waals surface area contributed by atoms with Gasteiger partial charge in [-0.1, -0.05) is 165 Å². The number of piperidine rings is 3. The minimum Gasteiger partial charge on any atom is -0.457 e. The predicted molar refractivity (Wildman–Crippen MR) is 456 cm³/mol. The molecule has 3 heterocycles. The van der Waals surface area contributed by atoms with Crippen LogP contribution in [0.2, 0.25) is 0 Å². The number of rotatable bonds is 27. The van der Waals surface area contributed by atoms with Crippen LogP contribution in [0.4, 0.5) is 35.9 Å². The molecule has 4 amide bonds. The van der Waals surface area contributed by atoms with Gasteiger partial charge in [0, 0.05) is 102 Å². The average Bonchev–Trinajstić information content (AvgIpc) is 0.790. The smallest absolute Gasteiger partial charge is 0.409 e. The molecule has 3 aliphatic heterocycles. The normalized spacial score (nSPS) is 19.1. The lowest BCUT2D eigenvalue weighted by molar-refractivity contribution is -0.121. The number of methoxy groups -OCH3 is 2. The largest absolute Gasteiger partial charge is 0.457 e. The third-order valence-corrected chi connectivity index (χ3v) is 22.1. The molecule has 3 aliphatic rings. The van der Waals surface area contributed by atoms with E-state index >= 15 is 0 Å². The minimum absolute atomic E-state index is 0.00947. The van der Waals surface area contributed by atoms with Gasteiger partial charge in [0.1, 0.15) is 34.9 Å². The van der Waals surface area contributed by atoms with Gasteiger partial charge in [0.25, 0.3) is 0 Å². The highest BCUT2D eigenvalue weighted by molar-refractivity contribution is 6.61. The third kappa shape index (κ3) is 30.2. The maximum absolute atomic E-state index is 13.9. The second kappa shape index (κ2) is 44.6. The highest BCUT2D eigenvalue weighted by Crippen LogP contribution is 2.38. The van der Waals surface area contributed by atoms with E-state index in [1.165, 1.54) is 82.5 Å². The summed E-state index contributed by atoms with van der Waals surface area (Å²) in [6.45, 7) is 28.0. The Morgan fingerprint density at radius 1 is 0.458 bits per heavy atom. The maximum atomic E-state index is 13.9. The van der Waals surface area contributed by atoms with Crippen LogP contribution in [0.5, 0.6) is 0 Å². The molecular formula is C93H122ClF6N9O11. The van der Waals surface area contributed by atoms with E-state index in [1.54, 1.807) is 4.90 Å². The van der Waals surface area contributed by atoms with E-state index in [-0.39, 0.29) is 90.7 Å². The summed E-state index contributed by atoms with van der Waals surface area (Å²) in [5.74, 6) is -5.23. The number of ketones is 1. The SMILES string of the molecule is CC(=O)NC(Cc1cc(F)cc(F)c1)C(O)CNC1(c2cccc(C(C)(C)C)c2)CCCN(CC(=O)c2ccccc2)C1.CC(=O)NC(Cc1cc(F)cc(F)c1)C(O)CNC1(c2cccc(C(C)(C)C)c2)CCCNC1.COC(=O)Cl.COC(=O)N1CCCC(NCC(O)C(Cc2cc(F)cc(F)c2)NC(C)=O)(c2cccc(C(C)(C)C)c2)C1. The number of Topliss-reactive ketones (excluding diaryl/α,β-unsaturated/α-hetero) is 1. The summed E-state index contributed by atoms with van der Waals surface area (Å²) < 4.78 is 91.6. The number of carbonyl (C=O) groups is 6. The maximum Gasteiger partial charge on any atom is 0.409 e. The summed E-state index contributed by atoms with van der Waals surface area (Å²) in [6, 6.07) is 41.8. The number of hydrogen-bond donors (Lipinski definition) is 10. The van der Waals surface area contributed by atoms with Crippen LogP contribution < -0.4 is 37.2 Å². The fourth-order valence-electron chi connectivity index (χ4n) is 15.7. The number of aliphatic hydroxyl groups excluding tert-OH is 3. The number of hydrogen-bond acceptors (Lipinski definition) is 16. The van der Waals surface area contributed by atoms with Crippen LogP contribution in [0.1, 0.15) is 182 Å².